The van der Waals surface area contributed by atoms with E-state index < -0.39 is 0 Å². The number of methoxy groups -OCH3 is 1. The van der Waals surface area contributed by atoms with Crippen molar-refractivity contribution < 1.29 is 9.84 Å². The Morgan fingerprint density at radius 2 is 2.04 bits per heavy atom. The van der Waals surface area contributed by atoms with Crippen molar-refractivity contribution >= 4 is 34.3 Å². The van der Waals surface area contributed by atoms with Gasteiger partial charge in [-0.15, -0.1) is 11.3 Å². The Morgan fingerprint density at radius 3 is 2.76 bits per heavy atom. The Balaban J connectivity index is 1.76. The van der Waals surface area contributed by atoms with Crippen LogP contribution in [0.5, 0.6) is 11.5 Å². The molecular weight excluding hydrogens is 358 g/mol. The highest BCUT2D eigenvalue weighted by Crippen LogP contribution is 2.34. The van der Waals surface area contributed by atoms with Crippen molar-refractivity contribution in [1.82, 2.24) is 4.98 Å². The molecule has 0 fully saturated rings. The van der Waals surface area contributed by atoms with Crippen molar-refractivity contribution in [2.45, 2.75) is 6.92 Å². The van der Waals surface area contributed by atoms with Crippen molar-refractivity contribution in [2.24, 2.45) is 5.10 Å². The van der Waals surface area contributed by atoms with Crippen LogP contribution in [0.1, 0.15) is 10.4 Å². The summed E-state index contributed by atoms with van der Waals surface area (Å²) in [6.45, 7) is 2.03. The van der Waals surface area contributed by atoms with Crippen LogP contribution in [0.15, 0.2) is 47.6 Å². The van der Waals surface area contributed by atoms with Crippen LogP contribution in [-0.4, -0.2) is 23.4 Å². The van der Waals surface area contributed by atoms with Gasteiger partial charge in [-0.25, -0.2) is 4.98 Å². The molecule has 0 aliphatic rings. The molecule has 1 heterocycles. The monoisotopic (exact) mass is 373 g/mol. The van der Waals surface area contributed by atoms with Gasteiger partial charge in [-0.1, -0.05) is 41.9 Å². The third-order valence-electron chi connectivity index (χ3n) is 3.49. The summed E-state index contributed by atoms with van der Waals surface area (Å²) in [6.07, 6.45) is 1.59. The van der Waals surface area contributed by atoms with E-state index in [9.17, 15) is 5.11 Å². The molecular formula is C18H16ClN3O2S. The van der Waals surface area contributed by atoms with E-state index >= 15 is 0 Å². The molecule has 5 nitrogen and oxygen atoms in total. The van der Waals surface area contributed by atoms with Crippen LogP contribution in [0.25, 0.3) is 11.3 Å². The molecule has 128 valence electrons. The minimum atomic E-state index is -0.0858. The van der Waals surface area contributed by atoms with Crippen LogP contribution in [0.2, 0.25) is 5.02 Å². The second kappa shape index (κ2) is 7.55. The highest BCUT2D eigenvalue weighted by molar-refractivity contribution is 7.15. The number of hydrazone groups is 1. The largest absolute Gasteiger partial charge is 0.503 e. The first-order valence-corrected chi connectivity index (χ1v) is 8.66. The van der Waals surface area contributed by atoms with Crippen LogP contribution >= 0.6 is 22.9 Å². The van der Waals surface area contributed by atoms with E-state index in [4.69, 9.17) is 16.3 Å². The third-order valence-corrected chi connectivity index (χ3v) is 4.65. The first kappa shape index (κ1) is 17.3. The Labute approximate surface area is 154 Å². The molecule has 3 rings (SSSR count). The van der Waals surface area contributed by atoms with Gasteiger partial charge in [0.25, 0.3) is 0 Å². The zero-order valence-electron chi connectivity index (χ0n) is 13.7. The van der Waals surface area contributed by atoms with Crippen LogP contribution in [0.3, 0.4) is 0 Å². The number of aryl methyl sites for hydroxylation is 1. The number of benzene rings is 2. The lowest BCUT2D eigenvalue weighted by atomic mass is 10.1. The third kappa shape index (κ3) is 3.92. The second-order valence-corrected chi connectivity index (χ2v) is 6.82. The molecule has 25 heavy (non-hydrogen) atoms. The number of halogens is 1. The number of ether oxygens (including phenoxy) is 1. The zero-order chi connectivity index (χ0) is 17.8. The van der Waals surface area contributed by atoms with Gasteiger partial charge in [0.1, 0.15) is 0 Å². The van der Waals surface area contributed by atoms with E-state index in [0.717, 1.165) is 16.1 Å². The average molecular weight is 374 g/mol. The molecule has 0 aliphatic carbocycles. The first-order valence-electron chi connectivity index (χ1n) is 7.47. The number of anilines is 1. The van der Waals surface area contributed by atoms with Crippen molar-refractivity contribution in [1.29, 1.82) is 0 Å². The number of hydrogen-bond donors (Lipinski definition) is 2. The molecule has 2 N–H and O–H groups in total. The number of phenols is 1. The average Bonchev–Trinajstić information content (AvgIpc) is 2.99. The quantitative estimate of drug-likeness (QED) is 0.491. The lowest BCUT2D eigenvalue weighted by Gasteiger charge is -2.05. The molecule has 0 aliphatic heterocycles. The lowest BCUT2D eigenvalue weighted by molar-refractivity contribution is 0.373. The minimum Gasteiger partial charge on any atom is -0.503 e. The minimum absolute atomic E-state index is 0.0858. The standard InChI is InChI=1S/C18H16ClN3O2S/c1-11-16(13-6-4-3-5-7-13)21-18(25-11)22-20-10-12-8-14(19)17(23)15(9-12)24-2/h3-10,23H,1-2H3,(H,21,22)/b20-10-. The maximum Gasteiger partial charge on any atom is 0.204 e. The van der Waals surface area contributed by atoms with Gasteiger partial charge in [0, 0.05) is 10.4 Å². The fourth-order valence-electron chi connectivity index (χ4n) is 2.29. The number of nitrogens with one attached hydrogen (secondary N) is 1. The Hall–Kier alpha value is -2.57. The number of phenolic OH excluding ortho intramolecular Hbond substituents is 1. The van der Waals surface area contributed by atoms with Gasteiger partial charge in [-0.3, -0.25) is 5.43 Å². The van der Waals surface area contributed by atoms with Gasteiger partial charge in [-0.2, -0.15) is 5.10 Å². The van der Waals surface area contributed by atoms with Gasteiger partial charge in [-0.05, 0) is 24.6 Å². The summed E-state index contributed by atoms with van der Waals surface area (Å²) in [5.41, 5.74) is 5.64. The van der Waals surface area contributed by atoms with Crippen LogP contribution in [-0.2, 0) is 0 Å². The summed E-state index contributed by atoms with van der Waals surface area (Å²) in [7, 11) is 1.47. The Morgan fingerprint density at radius 1 is 1.28 bits per heavy atom. The Bertz CT molecular complexity index is 910. The second-order valence-electron chi connectivity index (χ2n) is 5.21. The predicted molar refractivity (Wildman–Crippen MR) is 103 cm³/mol. The molecule has 0 atom stereocenters. The van der Waals surface area contributed by atoms with Gasteiger partial charge < -0.3 is 9.84 Å². The molecule has 0 unspecified atom stereocenters. The number of rotatable bonds is 5. The summed E-state index contributed by atoms with van der Waals surface area (Å²) in [4.78, 5) is 5.69. The topological polar surface area (TPSA) is 66.7 Å². The van der Waals surface area contributed by atoms with E-state index in [0.29, 0.717) is 16.4 Å². The molecule has 1 aromatic heterocycles. The van der Waals surface area contributed by atoms with E-state index in [2.05, 4.69) is 15.5 Å². The van der Waals surface area contributed by atoms with Crippen molar-refractivity contribution in [3.8, 4) is 22.8 Å². The Kier molecular flexibility index (Phi) is 5.21. The molecule has 0 bridgehead atoms. The highest BCUT2D eigenvalue weighted by atomic mass is 35.5. The van der Waals surface area contributed by atoms with E-state index in [1.807, 2.05) is 37.3 Å². The molecule has 0 radical (unpaired) electrons. The van der Waals surface area contributed by atoms with Gasteiger partial charge >= 0.3 is 0 Å². The van der Waals surface area contributed by atoms with Crippen LogP contribution < -0.4 is 10.2 Å². The fraction of sp³-hybridized carbons (Fsp3) is 0.111. The van der Waals surface area contributed by atoms with Gasteiger partial charge in [0.15, 0.2) is 11.5 Å². The molecule has 3 aromatic rings. The van der Waals surface area contributed by atoms with E-state index in [1.54, 1.807) is 18.3 Å². The number of aromatic nitrogens is 1. The number of thiazole rings is 1. The van der Waals surface area contributed by atoms with Crippen molar-refractivity contribution in [2.75, 3.05) is 12.5 Å². The molecule has 7 heteroatoms. The molecule has 0 saturated heterocycles. The molecule has 0 spiro atoms. The SMILES string of the molecule is COc1cc(/C=N\Nc2nc(-c3ccccc3)c(C)s2)cc(Cl)c1O. The summed E-state index contributed by atoms with van der Waals surface area (Å²) in [5.74, 6) is 0.211. The smallest absolute Gasteiger partial charge is 0.204 e. The summed E-state index contributed by atoms with van der Waals surface area (Å²) < 4.78 is 5.07. The first-order chi connectivity index (χ1) is 12.1. The lowest BCUT2D eigenvalue weighted by Crippen LogP contribution is -1.92. The highest BCUT2D eigenvalue weighted by Gasteiger charge is 2.10. The molecule has 2 aromatic carbocycles. The zero-order valence-corrected chi connectivity index (χ0v) is 15.2. The van der Waals surface area contributed by atoms with Crippen molar-refractivity contribution in [3.63, 3.8) is 0 Å². The molecule has 0 saturated carbocycles. The predicted octanol–water partition coefficient (Wildman–Crippen LogP) is 4.93. The fourth-order valence-corrected chi connectivity index (χ4v) is 3.30. The van der Waals surface area contributed by atoms with Crippen LogP contribution in [0.4, 0.5) is 5.13 Å². The number of hydrogen-bond acceptors (Lipinski definition) is 6. The number of aromatic hydroxyl groups is 1. The van der Waals surface area contributed by atoms with Crippen molar-refractivity contribution in [3.05, 3.63) is 57.9 Å². The van der Waals surface area contributed by atoms with E-state index in [1.165, 1.54) is 18.4 Å². The maximum atomic E-state index is 9.74. The van der Waals surface area contributed by atoms with Gasteiger partial charge in [0.2, 0.25) is 5.13 Å². The molecule has 0 amide bonds. The summed E-state index contributed by atoms with van der Waals surface area (Å²) in [5, 5.41) is 14.8. The summed E-state index contributed by atoms with van der Waals surface area (Å²) in [6, 6.07) is 13.3. The number of nitrogens with zero attached hydrogens (tertiary/aromatic N) is 2. The van der Waals surface area contributed by atoms with E-state index in [-0.39, 0.29) is 10.8 Å². The van der Waals surface area contributed by atoms with Gasteiger partial charge in [0.05, 0.1) is 24.0 Å². The summed E-state index contributed by atoms with van der Waals surface area (Å²) >= 11 is 7.49. The normalized spacial score (nSPS) is 11.0. The van der Waals surface area contributed by atoms with Crippen LogP contribution in [0, 0.1) is 6.92 Å². The maximum absolute atomic E-state index is 9.74.